The van der Waals surface area contributed by atoms with Crippen LogP contribution in [0.2, 0.25) is 0 Å². The first kappa shape index (κ1) is 54.5. The predicted molar refractivity (Wildman–Crippen MR) is 219 cm³/mol. The quantitative estimate of drug-likeness (QED) is 0.0235. The van der Waals surface area contributed by atoms with Gasteiger partial charge in [-0.15, -0.1) is 0 Å². The van der Waals surface area contributed by atoms with E-state index < -0.39 is 29.8 Å². The molecule has 4 amide bonds. The van der Waals surface area contributed by atoms with Crippen LogP contribution in [0.1, 0.15) is 122 Å². The lowest BCUT2D eigenvalue weighted by Gasteiger charge is -2.45. The average Bonchev–Trinajstić information content (AvgIpc) is 3.21. The second-order valence-electron chi connectivity index (χ2n) is 14.9. The van der Waals surface area contributed by atoms with Gasteiger partial charge in [0.2, 0.25) is 23.6 Å². The summed E-state index contributed by atoms with van der Waals surface area (Å²) in [4.78, 5) is 70.4. The van der Waals surface area contributed by atoms with Gasteiger partial charge in [-0.25, -0.2) is 10.2 Å². The van der Waals surface area contributed by atoms with Crippen molar-refractivity contribution in [2.45, 2.75) is 140 Å². The van der Waals surface area contributed by atoms with Gasteiger partial charge in [0.15, 0.2) is 6.29 Å². The number of aliphatic hydroxyl groups excluding tert-OH is 1. The summed E-state index contributed by atoms with van der Waals surface area (Å²) >= 11 is 0. The minimum Gasteiger partial charge on any atom is -0.481 e. The van der Waals surface area contributed by atoms with E-state index in [0.29, 0.717) is 26.0 Å². The minimum atomic E-state index is -1.19. The van der Waals surface area contributed by atoms with Gasteiger partial charge in [0.25, 0.3) is 0 Å². The fraction of sp³-hybridized carbons (Fsp3) is 0.850. The Bertz CT molecular complexity index is 1200. The molecule has 1 aliphatic rings. The number of ether oxygens (including phenoxy) is 5. The first-order valence-electron chi connectivity index (χ1n) is 21.6. The molecule has 0 aromatic heterocycles. The van der Waals surface area contributed by atoms with Gasteiger partial charge in [0, 0.05) is 38.9 Å². The molecule has 20 heteroatoms. The highest BCUT2D eigenvalue weighted by molar-refractivity contribution is 5.84. The van der Waals surface area contributed by atoms with E-state index >= 15 is 0 Å². The zero-order chi connectivity index (χ0) is 44.1. The summed E-state index contributed by atoms with van der Waals surface area (Å²) in [6, 6.07) is -1.15. The molecular formula is C40H74N6O14. The van der Waals surface area contributed by atoms with Crippen LogP contribution in [0, 0.1) is 0 Å². The van der Waals surface area contributed by atoms with E-state index in [2.05, 4.69) is 26.7 Å². The van der Waals surface area contributed by atoms with Crippen LogP contribution in [-0.2, 0) is 52.5 Å². The Morgan fingerprint density at radius 2 is 1.07 bits per heavy atom. The molecular weight excluding hydrogens is 788 g/mol. The third-order valence-electron chi connectivity index (χ3n) is 9.82. The van der Waals surface area contributed by atoms with E-state index in [1.54, 1.807) is 0 Å². The number of carbonyl (C=O) groups excluding carboxylic acids is 4. The maximum absolute atomic E-state index is 12.3. The van der Waals surface area contributed by atoms with Crippen LogP contribution in [0.3, 0.4) is 0 Å². The predicted octanol–water partition coefficient (Wildman–Crippen LogP) is 1.02. The Morgan fingerprint density at radius 3 is 1.53 bits per heavy atom. The van der Waals surface area contributed by atoms with Crippen molar-refractivity contribution in [3.63, 3.8) is 0 Å². The van der Waals surface area contributed by atoms with Gasteiger partial charge < -0.3 is 60.3 Å². The molecule has 1 fully saturated rings. The molecule has 10 N–H and O–H groups in total. The van der Waals surface area contributed by atoms with Crippen LogP contribution >= 0.6 is 0 Å². The number of aliphatic carboxylic acids is 2. The molecule has 3 atom stereocenters. The van der Waals surface area contributed by atoms with Gasteiger partial charge >= 0.3 is 11.9 Å². The Kier molecular flexibility index (Phi) is 32.9. The number of carbonyl (C=O) groups is 6. The smallest absolute Gasteiger partial charge is 0.326 e. The highest BCUT2D eigenvalue weighted by atomic mass is 16.6. The molecule has 0 saturated carbocycles. The molecule has 0 spiro atoms. The third kappa shape index (κ3) is 29.7. The fourth-order valence-electron chi connectivity index (χ4n) is 6.15. The maximum Gasteiger partial charge on any atom is 0.326 e. The number of hydrogen-bond donors (Lipinski definition) is 9. The number of hydrogen-bond acceptors (Lipinski definition) is 14. The summed E-state index contributed by atoms with van der Waals surface area (Å²) in [5, 5.41) is 38.4. The van der Waals surface area contributed by atoms with E-state index in [1.165, 1.54) is 19.3 Å². The van der Waals surface area contributed by atoms with Gasteiger partial charge in [0.1, 0.15) is 24.8 Å². The SMILES string of the molecule is NN[C@@]1(CCCCNC(=O)COCCOCCNC(=O)COCCOCCNC(=O)CC[C@H](NC(=O)CCCCCCCCCCCCCCC(=O)O)C(=O)O)COC1O. The number of unbranched alkanes of at least 4 members (excludes halogenated alkanes) is 12. The number of aliphatic hydroxyl groups is 1. The van der Waals surface area contributed by atoms with Crippen molar-refractivity contribution in [1.82, 2.24) is 26.7 Å². The van der Waals surface area contributed by atoms with Crippen molar-refractivity contribution in [3.05, 3.63) is 0 Å². The average molecular weight is 863 g/mol. The number of rotatable bonds is 42. The number of carboxylic acids is 2. The summed E-state index contributed by atoms with van der Waals surface area (Å²) < 4.78 is 26.3. The van der Waals surface area contributed by atoms with Crippen molar-refractivity contribution in [2.75, 3.05) is 79.1 Å². The van der Waals surface area contributed by atoms with E-state index in [4.69, 9.17) is 34.6 Å². The normalized spacial score (nSPS) is 16.4. The Balaban J connectivity index is 1.89. The molecule has 0 aliphatic carbocycles. The number of hydrazine groups is 1. The molecule has 1 rings (SSSR count). The number of nitrogens with one attached hydrogen (secondary N) is 5. The monoisotopic (exact) mass is 863 g/mol. The van der Waals surface area contributed by atoms with Crippen molar-refractivity contribution < 1.29 is 67.8 Å². The van der Waals surface area contributed by atoms with Crippen LogP contribution in [0.4, 0.5) is 0 Å². The van der Waals surface area contributed by atoms with Gasteiger partial charge in [-0.3, -0.25) is 29.8 Å². The van der Waals surface area contributed by atoms with E-state index in [0.717, 1.165) is 64.2 Å². The first-order chi connectivity index (χ1) is 29.0. The molecule has 1 aliphatic heterocycles. The molecule has 348 valence electrons. The van der Waals surface area contributed by atoms with Gasteiger partial charge in [-0.05, 0) is 38.5 Å². The molecule has 60 heavy (non-hydrogen) atoms. The van der Waals surface area contributed by atoms with Gasteiger partial charge in [-0.1, -0.05) is 64.2 Å². The fourth-order valence-corrected chi connectivity index (χ4v) is 6.15. The van der Waals surface area contributed by atoms with Crippen molar-refractivity contribution in [2.24, 2.45) is 5.84 Å². The lowest BCUT2D eigenvalue weighted by molar-refractivity contribution is -0.259. The summed E-state index contributed by atoms with van der Waals surface area (Å²) in [5.74, 6) is 2.31. The zero-order valence-electron chi connectivity index (χ0n) is 35.5. The number of amides is 4. The summed E-state index contributed by atoms with van der Waals surface area (Å²) in [6.45, 7) is 2.32. The number of nitrogens with two attached hydrogens (primary N) is 1. The van der Waals surface area contributed by atoms with Crippen molar-refractivity contribution in [1.29, 1.82) is 0 Å². The first-order valence-corrected chi connectivity index (χ1v) is 21.6. The Morgan fingerprint density at radius 1 is 0.583 bits per heavy atom. The molecule has 20 nitrogen and oxygen atoms in total. The Hall–Kier alpha value is -3.50. The summed E-state index contributed by atoms with van der Waals surface area (Å²) in [5.41, 5.74) is 1.99. The molecule has 0 aromatic rings. The zero-order valence-corrected chi connectivity index (χ0v) is 35.5. The second kappa shape index (κ2) is 36.2. The Labute approximate surface area is 354 Å². The number of carboxylic acid groups (broad SMARTS) is 2. The van der Waals surface area contributed by atoms with Crippen LogP contribution < -0.4 is 32.5 Å². The van der Waals surface area contributed by atoms with Gasteiger partial charge in [-0.2, -0.15) is 0 Å². The third-order valence-corrected chi connectivity index (χ3v) is 9.82. The van der Waals surface area contributed by atoms with Crippen molar-refractivity contribution in [3.8, 4) is 0 Å². The highest BCUT2D eigenvalue weighted by Crippen LogP contribution is 2.28. The minimum absolute atomic E-state index is 0.0326. The summed E-state index contributed by atoms with van der Waals surface area (Å²) in [6.07, 6.45) is 13.9. The maximum atomic E-state index is 12.3. The molecule has 1 heterocycles. The second-order valence-corrected chi connectivity index (χ2v) is 14.9. The van der Waals surface area contributed by atoms with E-state index in [-0.39, 0.29) is 115 Å². The standard InChI is InChI=1S/C40H74N6O14/c41-46-40(31-60-39(40)55)19-13-14-20-42-35(49)29-58-27-26-57-24-22-44-36(50)30-59-28-25-56-23-21-43-33(47)18-17-32(38(53)54)45-34(48)15-11-9-7-5-3-1-2-4-6-8-10-12-16-37(51)52/h32,39,46,55H,1-31,41H2,(H,42,49)(H,43,47)(H,44,50)(H,45,48)(H,51,52)(H,53,54)/t32-,39?,40-/m0/s1. The highest BCUT2D eigenvalue weighted by Gasteiger charge is 2.46. The van der Waals surface area contributed by atoms with Crippen molar-refractivity contribution >= 4 is 35.6 Å². The lowest BCUT2D eigenvalue weighted by atomic mass is 9.89. The largest absolute Gasteiger partial charge is 0.481 e. The van der Waals surface area contributed by atoms with E-state index in [9.17, 15) is 39.0 Å². The molecule has 1 saturated heterocycles. The van der Waals surface area contributed by atoms with Crippen LogP contribution in [0.5, 0.6) is 0 Å². The molecule has 1 unspecified atom stereocenters. The summed E-state index contributed by atoms with van der Waals surface area (Å²) in [7, 11) is 0. The topological polar surface area (TPSA) is 295 Å². The van der Waals surface area contributed by atoms with E-state index in [1.807, 2.05) is 0 Å². The van der Waals surface area contributed by atoms with Crippen LogP contribution in [0.15, 0.2) is 0 Å². The molecule has 0 bridgehead atoms. The van der Waals surface area contributed by atoms with Crippen LogP contribution in [-0.4, -0.2) is 148 Å². The van der Waals surface area contributed by atoms with Crippen LogP contribution in [0.25, 0.3) is 0 Å². The molecule has 0 aromatic carbocycles. The lowest BCUT2D eigenvalue weighted by Crippen LogP contribution is -2.69. The molecule has 0 radical (unpaired) electrons. The van der Waals surface area contributed by atoms with Gasteiger partial charge in [0.05, 0.1) is 46.2 Å².